The number of allylic oxidation sites excluding steroid dienone is 1. The first kappa shape index (κ1) is 23.7. The quantitative estimate of drug-likeness (QED) is 0.469. The van der Waals surface area contributed by atoms with Gasteiger partial charge in [-0.3, -0.25) is 4.79 Å². The van der Waals surface area contributed by atoms with Gasteiger partial charge < -0.3 is 15.7 Å². The zero-order valence-corrected chi connectivity index (χ0v) is 19.5. The van der Waals surface area contributed by atoms with Gasteiger partial charge in [0.15, 0.2) is 0 Å². The Morgan fingerprint density at radius 2 is 1.93 bits per heavy atom. The van der Waals surface area contributed by atoms with Gasteiger partial charge in [0.1, 0.15) is 11.6 Å². The predicted molar refractivity (Wildman–Crippen MR) is 121 cm³/mol. The van der Waals surface area contributed by atoms with E-state index in [1.165, 1.54) is 30.4 Å². The van der Waals surface area contributed by atoms with E-state index in [1.54, 1.807) is 0 Å². The summed E-state index contributed by atoms with van der Waals surface area (Å²) in [4.78, 5) is 13.4. The molecule has 1 saturated carbocycles. The van der Waals surface area contributed by atoms with Crippen LogP contribution in [0.2, 0.25) is 0 Å². The number of rotatable bonds is 8. The van der Waals surface area contributed by atoms with Crippen LogP contribution in [0.4, 0.5) is 8.78 Å². The first-order chi connectivity index (χ1) is 14.3. The maximum absolute atomic E-state index is 13.6. The van der Waals surface area contributed by atoms with Crippen molar-refractivity contribution in [2.75, 3.05) is 12.3 Å². The minimum Gasteiger partial charge on any atom is -0.390 e. The molecule has 4 nitrogen and oxygen atoms in total. The average Bonchev–Trinajstić information content (AvgIpc) is 3.12. The minimum absolute atomic E-state index is 0.144. The number of β-amino-alcohol motifs (C(OH)–C–C–N with tert-alkyl or cyclic N) is 1. The third-order valence-electron chi connectivity index (χ3n) is 5.79. The van der Waals surface area contributed by atoms with E-state index in [0.717, 1.165) is 37.5 Å². The number of thioether (sulfide) groups is 1. The normalized spacial score (nSPS) is 23.0. The van der Waals surface area contributed by atoms with Gasteiger partial charge in [-0.1, -0.05) is 41.3 Å². The summed E-state index contributed by atoms with van der Waals surface area (Å²) < 4.78 is 27.1. The number of halogens is 3. The van der Waals surface area contributed by atoms with E-state index in [4.69, 9.17) is 0 Å². The fraction of sp³-hybridized carbons (Fsp3) is 0.591. The van der Waals surface area contributed by atoms with Crippen LogP contribution in [0, 0.1) is 11.6 Å². The van der Waals surface area contributed by atoms with Crippen LogP contribution in [0.25, 0.3) is 0 Å². The fourth-order valence-corrected chi connectivity index (χ4v) is 6.45. The molecule has 1 heterocycles. The number of hydrogen-bond acceptors (Lipinski definition) is 4. The molecule has 8 heteroatoms. The van der Waals surface area contributed by atoms with Crippen molar-refractivity contribution in [1.82, 2.24) is 10.6 Å². The van der Waals surface area contributed by atoms with E-state index < -0.39 is 23.8 Å². The lowest BCUT2D eigenvalue weighted by molar-refractivity contribution is -0.120. The van der Waals surface area contributed by atoms with Crippen molar-refractivity contribution in [2.45, 2.75) is 68.0 Å². The van der Waals surface area contributed by atoms with E-state index >= 15 is 0 Å². The molecule has 1 aliphatic carbocycles. The van der Waals surface area contributed by atoms with Crippen molar-refractivity contribution in [1.29, 1.82) is 0 Å². The molecule has 1 aromatic carbocycles. The van der Waals surface area contributed by atoms with Gasteiger partial charge in [0.2, 0.25) is 5.91 Å². The number of carbonyl (C=O) groups is 1. The van der Waals surface area contributed by atoms with Crippen LogP contribution in [0.5, 0.6) is 0 Å². The second kappa shape index (κ2) is 10.6. The molecular formula is C22H29BrF2N2O2S. The molecule has 30 heavy (non-hydrogen) atoms. The number of alkyl halides is 1. The van der Waals surface area contributed by atoms with Crippen molar-refractivity contribution >= 4 is 33.6 Å². The Labute approximate surface area is 189 Å². The number of hydrogen-bond donors (Lipinski definition) is 3. The van der Waals surface area contributed by atoms with Crippen molar-refractivity contribution in [2.24, 2.45) is 0 Å². The van der Waals surface area contributed by atoms with Gasteiger partial charge >= 0.3 is 0 Å². The molecule has 1 fully saturated rings. The lowest BCUT2D eigenvalue weighted by atomic mass is 9.80. The summed E-state index contributed by atoms with van der Waals surface area (Å²) in [5, 5.41) is 17.2. The van der Waals surface area contributed by atoms with Crippen molar-refractivity contribution in [3.63, 3.8) is 0 Å². The third kappa shape index (κ3) is 6.28. The van der Waals surface area contributed by atoms with Gasteiger partial charge in [-0.15, -0.1) is 11.8 Å². The Kier molecular flexibility index (Phi) is 8.35. The van der Waals surface area contributed by atoms with E-state index in [1.807, 2.05) is 11.8 Å². The van der Waals surface area contributed by atoms with Crippen LogP contribution < -0.4 is 10.6 Å². The highest BCUT2D eigenvalue weighted by Gasteiger charge is 2.38. The molecule has 0 spiro atoms. The van der Waals surface area contributed by atoms with Crippen LogP contribution in [0.3, 0.4) is 0 Å². The predicted octanol–water partition coefficient (Wildman–Crippen LogP) is 4.06. The molecule has 2 aliphatic rings. The van der Waals surface area contributed by atoms with Gasteiger partial charge in [-0.05, 0) is 37.0 Å². The highest BCUT2D eigenvalue weighted by molar-refractivity contribution is 9.09. The number of aliphatic hydroxyl groups excluding tert-OH is 1. The van der Waals surface area contributed by atoms with Crippen molar-refractivity contribution in [3.8, 4) is 0 Å². The Bertz CT molecular complexity index is 766. The summed E-state index contributed by atoms with van der Waals surface area (Å²) in [6, 6.07) is 2.63. The number of amides is 1. The highest BCUT2D eigenvalue weighted by atomic mass is 79.9. The van der Waals surface area contributed by atoms with Crippen LogP contribution in [-0.2, 0) is 11.2 Å². The maximum atomic E-state index is 13.6. The molecule has 0 bridgehead atoms. The van der Waals surface area contributed by atoms with Crippen LogP contribution >= 0.6 is 27.7 Å². The third-order valence-corrected chi connectivity index (χ3v) is 8.17. The van der Waals surface area contributed by atoms with Crippen LogP contribution in [0.1, 0.15) is 44.6 Å². The smallest absolute Gasteiger partial charge is 0.217 e. The first-order valence-corrected chi connectivity index (χ1v) is 12.3. The van der Waals surface area contributed by atoms with Gasteiger partial charge in [0, 0.05) is 40.6 Å². The number of aliphatic hydroxyl groups is 1. The molecule has 3 atom stereocenters. The maximum Gasteiger partial charge on any atom is 0.217 e. The SMILES string of the molecule is CC(=O)N[C@@H](Cc1cc(F)cc(F)c1)[C@H](O)CNC1(C2=CC(Br)CS2)CCCCC1. The lowest BCUT2D eigenvalue weighted by Gasteiger charge is -2.40. The fourth-order valence-electron chi connectivity index (χ4n) is 4.36. The zero-order chi connectivity index (χ0) is 21.7. The zero-order valence-electron chi connectivity index (χ0n) is 17.1. The number of benzene rings is 1. The molecule has 1 unspecified atom stereocenters. The average molecular weight is 503 g/mol. The summed E-state index contributed by atoms with van der Waals surface area (Å²) >= 11 is 5.51. The molecule has 1 amide bonds. The number of nitrogens with one attached hydrogen (secondary N) is 2. The molecule has 0 radical (unpaired) electrons. The second-order valence-electron chi connectivity index (χ2n) is 8.24. The highest BCUT2D eigenvalue weighted by Crippen LogP contribution is 2.44. The largest absolute Gasteiger partial charge is 0.390 e. The van der Waals surface area contributed by atoms with Gasteiger partial charge in [-0.25, -0.2) is 8.78 Å². The molecule has 0 aromatic heterocycles. The molecule has 166 valence electrons. The van der Waals surface area contributed by atoms with E-state index in [0.29, 0.717) is 10.4 Å². The summed E-state index contributed by atoms with van der Waals surface area (Å²) in [5.74, 6) is -0.634. The topological polar surface area (TPSA) is 61.4 Å². The minimum atomic E-state index is -0.897. The van der Waals surface area contributed by atoms with Crippen molar-refractivity contribution in [3.05, 3.63) is 46.4 Å². The molecule has 3 N–H and O–H groups in total. The summed E-state index contributed by atoms with van der Waals surface area (Å²) in [7, 11) is 0. The van der Waals surface area contributed by atoms with Gasteiger partial charge in [0.05, 0.1) is 12.1 Å². The summed E-state index contributed by atoms with van der Waals surface area (Å²) in [6.45, 7) is 1.66. The Morgan fingerprint density at radius 1 is 1.27 bits per heavy atom. The first-order valence-electron chi connectivity index (χ1n) is 10.4. The van der Waals surface area contributed by atoms with Gasteiger partial charge in [0.25, 0.3) is 0 Å². The van der Waals surface area contributed by atoms with Crippen LogP contribution in [0.15, 0.2) is 29.2 Å². The molecule has 1 aliphatic heterocycles. The standard InChI is InChI=1S/C22H29BrF2N2O2S/c1-14(28)27-19(9-15-7-17(24)11-18(25)8-15)20(29)12-26-22(5-3-2-4-6-22)21-10-16(23)13-30-21/h7-8,10-11,16,19-20,26,29H,2-6,9,12-13H2,1H3,(H,27,28)/t16?,19-,20+/m0/s1. The Hall–Kier alpha value is -0.960. The van der Waals surface area contributed by atoms with Crippen LogP contribution in [-0.4, -0.2) is 45.8 Å². The molecule has 0 saturated heterocycles. The molecular weight excluding hydrogens is 474 g/mol. The summed E-state index contributed by atoms with van der Waals surface area (Å²) in [6.07, 6.45) is 7.00. The Morgan fingerprint density at radius 3 is 2.50 bits per heavy atom. The Balaban J connectivity index is 1.71. The monoisotopic (exact) mass is 502 g/mol. The lowest BCUT2D eigenvalue weighted by Crippen LogP contribution is -2.54. The van der Waals surface area contributed by atoms with E-state index in [2.05, 4.69) is 32.6 Å². The second-order valence-corrected chi connectivity index (χ2v) is 10.5. The molecule has 3 rings (SSSR count). The molecule has 1 aromatic rings. The summed E-state index contributed by atoms with van der Waals surface area (Å²) in [5.41, 5.74) is 0.242. The van der Waals surface area contributed by atoms with E-state index in [-0.39, 0.29) is 24.4 Å². The van der Waals surface area contributed by atoms with E-state index in [9.17, 15) is 18.7 Å². The van der Waals surface area contributed by atoms with Crippen molar-refractivity contribution < 1.29 is 18.7 Å². The van der Waals surface area contributed by atoms with Gasteiger partial charge in [-0.2, -0.15) is 0 Å². The number of carbonyl (C=O) groups excluding carboxylic acids is 1.